The van der Waals surface area contributed by atoms with E-state index in [0.29, 0.717) is 31.0 Å². The molecule has 4 unspecified atom stereocenters. The Bertz CT molecular complexity index is 647. The molecule has 2 N–H and O–H groups in total. The number of nitrogens with one attached hydrogen (secondary N) is 2. The highest BCUT2D eigenvalue weighted by Gasteiger charge is 2.34. The fraction of sp³-hybridized carbons (Fsp3) is 0.708. The van der Waals surface area contributed by atoms with Crippen LogP contribution in [0.2, 0.25) is 0 Å². The van der Waals surface area contributed by atoms with Gasteiger partial charge in [0.15, 0.2) is 0 Å². The van der Waals surface area contributed by atoms with Gasteiger partial charge in [0.1, 0.15) is 0 Å². The summed E-state index contributed by atoms with van der Waals surface area (Å²) < 4.78 is 0. The van der Waals surface area contributed by atoms with Gasteiger partial charge in [0, 0.05) is 44.7 Å². The van der Waals surface area contributed by atoms with Crippen molar-refractivity contribution in [1.29, 1.82) is 0 Å². The lowest BCUT2D eigenvalue weighted by Gasteiger charge is -2.35. The number of carbonyl (C=O) groups excluding carboxylic acids is 1. The van der Waals surface area contributed by atoms with E-state index in [-0.39, 0.29) is 30.7 Å². The van der Waals surface area contributed by atoms with E-state index >= 15 is 0 Å². The molecule has 1 aromatic carbocycles. The van der Waals surface area contributed by atoms with Crippen LogP contribution >= 0.6 is 24.8 Å². The lowest BCUT2D eigenvalue weighted by Crippen LogP contribution is -2.39. The molecule has 0 aliphatic carbocycles. The first-order valence-electron chi connectivity index (χ1n) is 11.4. The summed E-state index contributed by atoms with van der Waals surface area (Å²) in [4.78, 5) is 15.0. The Morgan fingerprint density at radius 1 is 0.967 bits per heavy atom. The number of amides is 1. The fourth-order valence-corrected chi connectivity index (χ4v) is 5.82. The van der Waals surface area contributed by atoms with Crippen molar-refractivity contribution in [3.05, 3.63) is 35.4 Å². The third-order valence-electron chi connectivity index (χ3n) is 6.91. The van der Waals surface area contributed by atoms with Crippen LogP contribution in [0.1, 0.15) is 63.5 Å². The van der Waals surface area contributed by atoms with E-state index in [0.717, 1.165) is 18.4 Å². The molecule has 3 saturated heterocycles. The number of hydrogen-bond acceptors (Lipinski definition) is 3. The van der Waals surface area contributed by atoms with Crippen molar-refractivity contribution in [2.45, 2.75) is 77.5 Å². The van der Waals surface area contributed by atoms with Crippen LogP contribution in [0.25, 0.3) is 0 Å². The van der Waals surface area contributed by atoms with Gasteiger partial charge in [-0.3, -0.25) is 9.69 Å². The highest BCUT2D eigenvalue weighted by molar-refractivity contribution is 5.85. The summed E-state index contributed by atoms with van der Waals surface area (Å²) in [6.45, 7) is 8.83. The average molecular weight is 457 g/mol. The Hall–Kier alpha value is -0.810. The minimum absolute atomic E-state index is 0. The normalized spacial score (nSPS) is 30.8. The topological polar surface area (TPSA) is 44.4 Å². The molecule has 30 heavy (non-hydrogen) atoms. The first-order valence-corrected chi connectivity index (χ1v) is 11.4. The second-order valence-corrected chi connectivity index (χ2v) is 9.91. The summed E-state index contributed by atoms with van der Waals surface area (Å²) in [5.41, 5.74) is 2.57. The second-order valence-electron chi connectivity index (χ2n) is 9.91. The van der Waals surface area contributed by atoms with Crippen LogP contribution in [0.3, 0.4) is 0 Å². The molecule has 2 bridgehead atoms. The standard InChI is InChI=1S/C24H37N3O.2ClH/c1-17-9-18(2)15-27(14-17)16-20-5-3-19(4-6-20)13-25-24(28)12-21-10-22-7-8-23(11-21)26-22;;/h3-6,17-18,21-23,26H,7-16H2,1-2H3,(H,25,28);2*1H. The van der Waals surface area contributed by atoms with Gasteiger partial charge < -0.3 is 10.6 Å². The molecule has 3 fully saturated rings. The van der Waals surface area contributed by atoms with Crippen molar-refractivity contribution in [3.63, 3.8) is 0 Å². The van der Waals surface area contributed by atoms with Gasteiger partial charge in [0.05, 0.1) is 0 Å². The van der Waals surface area contributed by atoms with E-state index in [2.05, 4.69) is 53.6 Å². The number of likely N-dealkylation sites (tertiary alicyclic amines) is 1. The van der Waals surface area contributed by atoms with E-state index in [9.17, 15) is 4.79 Å². The van der Waals surface area contributed by atoms with Gasteiger partial charge in [0.25, 0.3) is 0 Å². The number of nitrogens with zero attached hydrogens (tertiary/aromatic N) is 1. The van der Waals surface area contributed by atoms with Crippen LogP contribution in [-0.2, 0) is 17.9 Å². The zero-order valence-corrected chi connectivity index (χ0v) is 20.1. The predicted molar refractivity (Wildman–Crippen MR) is 128 cm³/mol. The molecule has 1 amide bonds. The number of carbonyl (C=O) groups is 1. The van der Waals surface area contributed by atoms with Crippen LogP contribution in [0.15, 0.2) is 24.3 Å². The maximum Gasteiger partial charge on any atom is 0.220 e. The molecule has 4 nitrogen and oxygen atoms in total. The Morgan fingerprint density at radius 3 is 2.13 bits per heavy atom. The van der Waals surface area contributed by atoms with Crippen molar-refractivity contribution in [1.82, 2.24) is 15.5 Å². The molecule has 1 aromatic rings. The van der Waals surface area contributed by atoms with E-state index in [1.54, 1.807) is 0 Å². The first kappa shape index (κ1) is 25.5. The molecule has 3 aliphatic rings. The number of halogens is 2. The van der Waals surface area contributed by atoms with Gasteiger partial charge >= 0.3 is 0 Å². The first-order chi connectivity index (χ1) is 13.5. The fourth-order valence-electron chi connectivity index (χ4n) is 5.82. The Labute approximate surface area is 194 Å². The third-order valence-corrected chi connectivity index (χ3v) is 6.91. The van der Waals surface area contributed by atoms with E-state index in [1.807, 2.05) is 0 Å². The molecule has 6 heteroatoms. The van der Waals surface area contributed by atoms with E-state index < -0.39 is 0 Å². The maximum absolute atomic E-state index is 12.4. The van der Waals surface area contributed by atoms with Gasteiger partial charge in [-0.1, -0.05) is 38.1 Å². The molecule has 0 saturated carbocycles. The van der Waals surface area contributed by atoms with Crippen LogP contribution in [0, 0.1) is 17.8 Å². The van der Waals surface area contributed by atoms with Gasteiger partial charge in [-0.2, -0.15) is 0 Å². The number of piperidine rings is 2. The third kappa shape index (κ3) is 7.12. The van der Waals surface area contributed by atoms with Crippen molar-refractivity contribution < 1.29 is 4.79 Å². The molecule has 0 aromatic heterocycles. The summed E-state index contributed by atoms with van der Waals surface area (Å²) in [7, 11) is 0. The van der Waals surface area contributed by atoms with E-state index in [1.165, 1.54) is 56.3 Å². The van der Waals surface area contributed by atoms with Crippen molar-refractivity contribution in [2.75, 3.05) is 13.1 Å². The van der Waals surface area contributed by atoms with Crippen LogP contribution in [-0.4, -0.2) is 36.0 Å². The second kappa shape index (κ2) is 11.7. The molecule has 170 valence electrons. The molecule has 0 radical (unpaired) electrons. The van der Waals surface area contributed by atoms with Gasteiger partial charge in [-0.05, 0) is 61.0 Å². The number of rotatable bonds is 6. The van der Waals surface area contributed by atoms with Crippen molar-refractivity contribution in [3.8, 4) is 0 Å². The summed E-state index contributed by atoms with van der Waals surface area (Å²) in [6, 6.07) is 10.1. The lowest BCUT2D eigenvalue weighted by molar-refractivity contribution is -0.122. The predicted octanol–water partition coefficient (Wildman–Crippen LogP) is 4.55. The zero-order chi connectivity index (χ0) is 19.5. The SMILES string of the molecule is CC1CC(C)CN(Cc2ccc(CNC(=O)CC3CC4CCC(C3)N4)cc2)C1.Cl.Cl. The van der Waals surface area contributed by atoms with Gasteiger partial charge in [-0.15, -0.1) is 24.8 Å². The van der Waals surface area contributed by atoms with E-state index in [4.69, 9.17) is 0 Å². The summed E-state index contributed by atoms with van der Waals surface area (Å²) in [5.74, 6) is 2.38. The quantitative estimate of drug-likeness (QED) is 0.661. The summed E-state index contributed by atoms with van der Waals surface area (Å²) in [5, 5.41) is 6.79. The minimum Gasteiger partial charge on any atom is -0.352 e. The smallest absolute Gasteiger partial charge is 0.220 e. The van der Waals surface area contributed by atoms with Crippen LogP contribution in [0.4, 0.5) is 0 Å². The van der Waals surface area contributed by atoms with Crippen LogP contribution in [0.5, 0.6) is 0 Å². The molecular formula is C24H39Cl2N3O. The van der Waals surface area contributed by atoms with Crippen molar-refractivity contribution >= 4 is 30.7 Å². The average Bonchev–Trinajstić information content (AvgIpc) is 2.98. The highest BCUT2D eigenvalue weighted by atomic mass is 35.5. The number of benzene rings is 1. The molecule has 3 aliphatic heterocycles. The van der Waals surface area contributed by atoms with Gasteiger partial charge in [-0.25, -0.2) is 0 Å². The van der Waals surface area contributed by atoms with Crippen molar-refractivity contribution in [2.24, 2.45) is 17.8 Å². The monoisotopic (exact) mass is 455 g/mol. The highest BCUT2D eigenvalue weighted by Crippen LogP contribution is 2.32. The zero-order valence-electron chi connectivity index (χ0n) is 18.4. The Balaban J connectivity index is 0.00000160. The number of hydrogen-bond donors (Lipinski definition) is 2. The Kier molecular flexibility index (Phi) is 9.93. The maximum atomic E-state index is 12.4. The van der Waals surface area contributed by atoms with Crippen LogP contribution < -0.4 is 10.6 Å². The van der Waals surface area contributed by atoms with Gasteiger partial charge in [0.2, 0.25) is 5.91 Å². The molecule has 4 atom stereocenters. The lowest BCUT2D eigenvalue weighted by atomic mass is 9.89. The molecule has 0 spiro atoms. The largest absolute Gasteiger partial charge is 0.352 e. The molecular weight excluding hydrogens is 417 g/mol. The summed E-state index contributed by atoms with van der Waals surface area (Å²) >= 11 is 0. The Morgan fingerprint density at radius 2 is 1.53 bits per heavy atom. The summed E-state index contributed by atoms with van der Waals surface area (Å²) in [6.07, 6.45) is 6.99. The molecule has 4 rings (SSSR count). The molecule has 3 heterocycles. The number of fused-ring (bicyclic) bond motifs is 2. The minimum atomic E-state index is 0.